The highest BCUT2D eigenvalue weighted by molar-refractivity contribution is 7.89. The third-order valence-electron chi connectivity index (χ3n) is 5.18. The van der Waals surface area contributed by atoms with Crippen molar-refractivity contribution >= 4 is 21.6 Å². The molecule has 0 aromatic heterocycles. The first-order chi connectivity index (χ1) is 13.5. The molecule has 3 rings (SSSR count). The maximum atomic E-state index is 12.8. The predicted molar refractivity (Wildman–Crippen MR) is 109 cm³/mol. The lowest BCUT2D eigenvalue weighted by molar-refractivity contribution is -0.120. The number of hydrogen-bond donors (Lipinski definition) is 1. The Labute approximate surface area is 166 Å². The monoisotopic (exact) mass is 402 g/mol. The van der Waals surface area contributed by atoms with Crippen LogP contribution in [0.1, 0.15) is 25.3 Å². The van der Waals surface area contributed by atoms with Crippen molar-refractivity contribution in [3.63, 3.8) is 0 Å². The largest absolute Gasteiger partial charge is 0.497 e. The van der Waals surface area contributed by atoms with E-state index in [9.17, 15) is 13.2 Å². The summed E-state index contributed by atoms with van der Waals surface area (Å²) in [6, 6.07) is 14.1. The molecule has 2 aromatic rings. The molecule has 6 nitrogen and oxygen atoms in total. The Hall–Kier alpha value is -2.38. The number of ether oxygens (including phenoxy) is 1. The second kappa shape index (κ2) is 8.75. The van der Waals surface area contributed by atoms with E-state index < -0.39 is 10.0 Å². The summed E-state index contributed by atoms with van der Waals surface area (Å²) in [6.07, 6.45) is 1.86. The first-order valence-corrected chi connectivity index (χ1v) is 10.9. The van der Waals surface area contributed by atoms with E-state index >= 15 is 0 Å². The number of nitrogens with zero attached hydrogens (tertiary/aromatic N) is 1. The van der Waals surface area contributed by atoms with E-state index in [1.54, 1.807) is 24.3 Å². The molecule has 28 heavy (non-hydrogen) atoms. The molecule has 0 atom stereocenters. The minimum atomic E-state index is -3.56. The Bertz CT molecular complexity index is 918. The quantitative estimate of drug-likeness (QED) is 0.804. The van der Waals surface area contributed by atoms with Gasteiger partial charge in [0.25, 0.3) is 0 Å². The molecule has 1 aliphatic rings. The van der Waals surface area contributed by atoms with Gasteiger partial charge in [0.2, 0.25) is 15.9 Å². The molecule has 1 heterocycles. The maximum absolute atomic E-state index is 12.8. The number of aryl methyl sites for hydroxylation is 1. The van der Waals surface area contributed by atoms with Gasteiger partial charge in [-0.3, -0.25) is 4.79 Å². The van der Waals surface area contributed by atoms with Crippen LogP contribution < -0.4 is 10.1 Å². The van der Waals surface area contributed by atoms with Gasteiger partial charge in [-0.2, -0.15) is 4.31 Å². The fraction of sp³-hybridized carbons (Fsp3) is 0.381. The number of piperidine rings is 1. The number of carbonyl (C=O) groups is 1. The first kappa shape index (κ1) is 20.4. The SMILES string of the molecule is CCc1ccccc1NC(=O)C1CCN(S(=O)(=O)c2ccc(OC)cc2)CC1. The molecule has 0 saturated carbocycles. The van der Waals surface area contributed by atoms with Crippen LogP contribution in [0.15, 0.2) is 53.4 Å². The standard InChI is InChI=1S/C21H26N2O4S/c1-3-16-6-4-5-7-20(16)22-21(24)17-12-14-23(15-13-17)28(25,26)19-10-8-18(27-2)9-11-19/h4-11,17H,3,12-15H2,1-2H3,(H,22,24). The molecule has 0 aliphatic carbocycles. The summed E-state index contributed by atoms with van der Waals surface area (Å²) in [5, 5.41) is 3.01. The van der Waals surface area contributed by atoms with Crippen LogP contribution in [0.5, 0.6) is 5.75 Å². The summed E-state index contributed by atoms with van der Waals surface area (Å²) in [5.41, 5.74) is 1.93. The third-order valence-corrected chi connectivity index (χ3v) is 7.09. The number of hydrogen-bond acceptors (Lipinski definition) is 4. The van der Waals surface area contributed by atoms with Gasteiger partial charge >= 0.3 is 0 Å². The van der Waals surface area contributed by atoms with Crippen molar-refractivity contribution in [3.05, 3.63) is 54.1 Å². The van der Waals surface area contributed by atoms with Crippen LogP contribution in [0, 0.1) is 5.92 Å². The fourth-order valence-electron chi connectivity index (χ4n) is 3.44. The second-order valence-corrected chi connectivity index (χ2v) is 8.79. The van der Waals surface area contributed by atoms with Gasteiger partial charge in [0, 0.05) is 24.7 Å². The van der Waals surface area contributed by atoms with Gasteiger partial charge in [-0.05, 0) is 55.2 Å². The highest BCUT2D eigenvalue weighted by atomic mass is 32.2. The summed E-state index contributed by atoms with van der Waals surface area (Å²) in [7, 11) is -2.02. The average Bonchev–Trinajstić information content (AvgIpc) is 2.74. The molecular formula is C21H26N2O4S. The predicted octanol–water partition coefficient (Wildman–Crippen LogP) is 3.30. The number of nitrogens with one attached hydrogen (secondary N) is 1. The van der Waals surface area contributed by atoms with Gasteiger partial charge in [-0.15, -0.1) is 0 Å². The normalized spacial score (nSPS) is 15.9. The molecule has 0 bridgehead atoms. The van der Waals surface area contributed by atoms with Gasteiger partial charge < -0.3 is 10.1 Å². The molecule has 1 N–H and O–H groups in total. The lowest BCUT2D eigenvalue weighted by Crippen LogP contribution is -2.41. The smallest absolute Gasteiger partial charge is 0.243 e. The van der Waals surface area contributed by atoms with Crippen LogP contribution in [-0.4, -0.2) is 38.8 Å². The molecule has 7 heteroatoms. The van der Waals surface area contributed by atoms with Gasteiger partial charge in [-0.1, -0.05) is 25.1 Å². The summed E-state index contributed by atoms with van der Waals surface area (Å²) in [4.78, 5) is 12.9. The van der Waals surface area contributed by atoms with E-state index in [0.717, 1.165) is 17.7 Å². The highest BCUT2D eigenvalue weighted by Crippen LogP contribution is 2.26. The fourth-order valence-corrected chi connectivity index (χ4v) is 4.91. The molecule has 0 radical (unpaired) electrons. The Morgan fingerprint density at radius 3 is 2.36 bits per heavy atom. The van der Waals surface area contributed by atoms with Crippen molar-refractivity contribution in [2.24, 2.45) is 5.92 Å². The van der Waals surface area contributed by atoms with E-state index in [1.807, 2.05) is 31.2 Å². The summed E-state index contributed by atoms with van der Waals surface area (Å²) in [6.45, 7) is 2.72. The summed E-state index contributed by atoms with van der Waals surface area (Å²) >= 11 is 0. The number of benzene rings is 2. The van der Waals surface area contributed by atoms with Crippen LogP contribution in [0.3, 0.4) is 0 Å². The van der Waals surface area contributed by atoms with Crippen LogP contribution in [0.4, 0.5) is 5.69 Å². The average molecular weight is 403 g/mol. The number of sulfonamides is 1. The van der Waals surface area contributed by atoms with Crippen LogP contribution in [0.2, 0.25) is 0 Å². The minimum Gasteiger partial charge on any atom is -0.497 e. The maximum Gasteiger partial charge on any atom is 0.243 e. The van der Waals surface area contributed by atoms with E-state index in [0.29, 0.717) is 31.7 Å². The van der Waals surface area contributed by atoms with Crippen LogP contribution in [0.25, 0.3) is 0 Å². The van der Waals surface area contributed by atoms with E-state index in [-0.39, 0.29) is 16.7 Å². The second-order valence-electron chi connectivity index (χ2n) is 6.85. The number of amides is 1. The number of para-hydroxylation sites is 1. The van der Waals surface area contributed by atoms with Crippen molar-refractivity contribution < 1.29 is 17.9 Å². The Morgan fingerprint density at radius 2 is 1.75 bits per heavy atom. The summed E-state index contributed by atoms with van der Waals surface area (Å²) in [5.74, 6) is 0.385. The van der Waals surface area contributed by atoms with Crippen LogP contribution in [-0.2, 0) is 21.2 Å². The molecule has 0 spiro atoms. The zero-order valence-electron chi connectivity index (χ0n) is 16.2. The van der Waals surface area contributed by atoms with Gasteiger partial charge in [0.1, 0.15) is 5.75 Å². The van der Waals surface area contributed by atoms with Crippen molar-refractivity contribution in [2.75, 3.05) is 25.5 Å². The minimum absolute atomic E-state index is 0.0394. The van der Waals surface area contributed by atoms with Crippen LogP contribution >= 0.6 is 0 Å². The number of carbonyl (C=O) groups excluding carboxylic acids is 1. The number of rotatable bonds is 6. The van der Waals surface area contributed by atoms with Gasteiger partial charge in [0.05, 0.1) is 12.0 Å². The molecule has 1 saturated heterocycles. The van der Waals surface area contributed by atoms with E-state index in [1.165, 1.54) is 11.4 Å². The van der Waals surface area contributed by atoms with E-state index in [4.69, 9.17) is 4.74 Å². The molecular weight excluding hydrogens is 376 g/mol. The Morgan fingerprint density at radius 1 is 1.11 bits per heavy atom. The molecule has 1 fully saturated rings. The van der Waals surface area contributed by atoms with Crippen molar-refractivity contribution in [3.8, 4) is 5.75 Å². The first-order valence-electron chi connectivity index (χ1n) is 9.48. The number of methoxy groups -OCH3 is 1. The topological polar surface area (TPSA) is 75.7 Å². The molecule has 2 aromatic carbocycles. The Balaban J connectivity index is 1.62. The zero-order valence-corrected chi connectivity index (χ0v) is 17.0. The van der Waals surface area contributed by atoms with Crippen molar-refractivity contribution in [1.29, 1.82) is 0 Å². The molecule has 0 unspecified atom stereocenters. The van der Waals surface area contributed by atoms with Crippen molar-refractivity contribution in [1.82, 2.24) is 4.31 Å². The summed E-state index contributed by atoms with van der Waals surface area (Å²) < 4.78 is 32.2. The number of anilines is 1. The lowest BCUT2D eigenvalue weighted by atomic mass is 9.97. The Kier molecular flexibility index (Phi) is 6.36. The highest BCUT2D eigenvalue weighted by Gasteiger charge is 2.32. The lowest BCUT2D eigenvalue weighted by Gasteiger charge is -2.30. The molecule has 1 amide bonds. The molecule has 150 valence electrons. The molecule has 1 aliphatic heterocycles. The van der Waals surface area contributed by atoms with E-state index in [2.05, 4.69) is 5.32 Å². The van der Waals surface area contributed by atoms with Gasteiger partial charge in [-0.25, -0.2) is 8.42 Å². The third kappa shape index (κ3) is 4.36. The van der Waals surface area contributed by atoms with Crippen molar-refractivity contribution in [2.45, 2.75) is 31.1 Å². The van der Waals surface area contributed by atoms with Gasteiger partial charge in [0.15, 0.2) is 0 Å². The zero-order chi connectivity index (χ0) is 20.1.